The van der Waals surface area contributed by atoms with Gasteiger partial charge in [0.25, 0.3) is 0 Å². The molecule has 0 spiro atoms. The number of halogens is 1. The number of carboxylic acids is 1. The van der Waals surface area contributed by atoms with Crippen LogP contribution < -0.4 is 19.7 Å². The number of aromatic nitrogens is 3. The van der Waals surface area contributed by atoms with E-state index < -0.39 is 11.8 Å². The van der Waals surface area contributed by atoms with Gasteiger partial charge < -0.3 is 24.8 Å². The lowest BCUT2D eigenvalue weighted by molar-refractivity contribution is 0.0688. The quantitative estimate of drug-likeness (QED) is 0.415. The van der Waals surface area contributed by atoms with Crippen LogP contribution in [0.5, 0.6) is 11.5 Å². The fourth-order valence-electron chi connectivity index (χ4n) is 3.44. The first-order valence-corrected chi connectivity index (χ1v) is 9.96. The summed E-state index contributed by atoms with van der Waals surface area (Å²) in [6.45, 7) is 0.526. The van der Waals surface area contributed by atoms with Crippen molar-refractivity contribution in [3.05, 3.63) is 71.8 Å². The average Bonchev–Trinajstić information content (AvgIpc) is 3.24. The molecular formula is C23H22FN5O4. The minimum absolute atomic E-state index is 0.0844. The number of methoxy groups -OCH3 is 2. The van der Waals surface area contributed by atoms with Gasteiger partial charge in [-0.05, 0) is 29.8 Å². The number of rotatable bonds is 8. The lowest BCUT2D eigenvalue weighted by atomic mass is 10.2. The normalized spacial score (nSPS) is 10.8. The Hall–Kier alpha value is -4.34. The van der Waals surface area contributed by atoms with Gasteiger partial charge in [-0.1, -0.05) is 12.1 Å². The number of carbonyl (C=O) groups is 1. The first-order valence-electron chi connectivity index (χ1n) is 9.96. The van der Waals surface area contributed by atoms with Crippen molar-refractivity contribution in [1.82, 2.24) is 14.6 Å². The van der Waals surface area contributed by atoms with Gasteiger partial charge in [0.1, 0.15) is 17.3 Å². The van der Waals surface area contributed by atoms with Crippen LogP contribution in [0.15, 0.2) is 54.7 Å². The summed E-state index contributed by atoms with van der Waals surface area (Å²) in [7, 11) is 4.91. The summed E-state index contributed by atoms with van der Waals surface area (Å²) in [5, 5.41) is 17.0. The van der Waals surface area contributed by atoms with Crippen molar-refractivity contribution >= 4 is 28.8 Å². The van der Waals surface area contributed by atoms with E-state index in [4.69, 9.17) is 9.47 Å². The molecule has 2 aromatic heterocycles. The maximum Gasteiger partial charge on any atom is 0.356 e. The second-order valence-corrected chi connectivity index (χ2v) is 7.27. The molecule has 4 aromatic rings. The Balaban J connectivity index is 1.75. The molecule has 0 radical (unpaired) electrons. The molecule has 9 nitrogen and oxygen atoms in total. The smallest absolute Gasteiger partial charge is 0.356 e. The monoisotopic (exact) mass is 451 g/mol. The van der Waals surface area contributed by atoms with E-state index in [0.29, 0.717) is 29.4 Å². The summed E-state index contributed by atoms with van der Waals surface area (Å²) in [5.41, 5.74) is 2.45. The van der Waals surface area contributed by atoms with Crippen molar-refractivity contribution in [2.24, 2.45) is 0 Å². The molecule has 0 unspecified atom stereocenters. The molecule has 4 rings (SSSR count). The molecule has 0 bridgehead atoms. The first-order chi connectivity index (χ1) is 15.9. The van der Waals surface area contributed by atoms with Gasteiger partial charge in [-0.2, -0.15) is 0 Å². The van der Waals surface area contributed by atoms with Crippen molar-refractivity contribution < 1.29 is 23.8 Å². The van der Waals surface area contributed by atoms with Crippen LogP contribution in [0.2, 0.25) is 0 Å². The number of imidazole rings is 1. The van der Waals surface area contributed by atoms with Crippen LogP contribution in [0.3, 0.4) is 0 Å². The number of hydrogen-bond acceptors (Lipinski definition) is 7. The standard InChI is InChI=1S/C23H22FN5O4/c1-28(13-14-4-7-16(32-2)8-5-14)18-11-21(26-17-9-6-15(24)10-20(17)33-3)27-29-19(23(30)31)12-25-22(18)29/h4-12H,13H2,1-3H3,(H,26,27)(H,30,31). The second-order valence-electron chi connectivity index (χ2n) is 7.27. The van der Waals surface area contributed by atoms with E-state index in [1.165, 1.54) is 36.0 Å². The number of nitrogens with one attached hydrogen (secondary N) is 1. The highest BCUT2D eigenvalue weighted by Crippen LogP contribution is 2.31. The Morgan fingerprint density at radius 2 is 1.91 bits per heavy atom. The summed E-state index contributed by atoms with van der Waals surface area (Å²) in [4.78, 5) is 17.9. The summed E-state index contributed by atoms with van der Waals surface area (Å²) in [6, 6.07) is 13.5. The van der Waals surface area contributed by atoms with E-state index in [-0.39, 0.29) is 11.4 Å². The molecular weight excluding hydrogens is 429 g/mol. The molecule has 0 aliphatic carbocycles. The summed E-state index contributed by atoms with van der Waals surface area (Å²) in [6.07, 6.45) is 1.26. The van der Waals surface area contributed by atoms with Crippen LogP contribution in [0, 0.1) is 5.82 Å². The molecule has 10 heteroatoms. The largest absolute Gasteiger partial charge is 0.497 e. The molecule has 0 saturated heterocycles. The third-order valence-electron chi connectivity index (χ3n) is 5.08. The maximum atomic E-state index is 13.6. The second kappa shape index (κ2) is 9.03. The number of ether oxygens (including phenoxy) is 2. The van der Waals surface area contributed by atoms with Crippen molar-refractivity contribution in [2.45, 2.75) is 6.54 Å². The Bertz CT molecular complexity index is 1310. The lowest BCUT2D eigenvalue weighted by Gasteiger charge is -2.21. The highest BCUT2D eigenvalue weighted by atomic mass is 19.1. The Labute approximate surface area is 189 Å². The van der Waals surface area contributed by atoms with Crippen LogP contribution in [0.4, 0.5) is 21.6 Å². The Morgan fingerprint density at radius 1 is 1.15 bits per heavy atom. The first kappa shape index (κ1) is 21.9. The molecule has 2 N–H and O–H groups in total. The van der Waals surface area contributed by atoms with Crippen molar-refractivity contribution in [3.8, 4) is 11.5 Å². The van der Waals surface area contributed by atoms with Gasteiger partial charge >= 0.3 is 5.97 Å². The van der Waals surface area contributed by atoms with E-state index >= 15 is 0 Å². The number of anilines is 3. The molecule has 0 aliphatic rings. The van der Waals surface area contributed by atoms with Crippen LogP contribution in [-0.4, -0.2) is 46.9 Å². The molecule has 0 saturated carbocycles. The number of carboxylic acid groups (broad SMARTS) is 1. The SMILES string of the molecule is COc1ccc(CN(C)c2cc(Nc3ccc(F)cc3OC)nn3c(C(=O)O)cnc23)cc1. The Morgan fingerprint density at radius 3 is 2.58 bits per heavy atom. The zero-order chi connectivity index (χ0) is 23.5. The number of fused-ring (bicyclic) bond motifs is 1. The molecule has 0 amide bonds. The third-order valence-corrected chi connectivity index (χ3v) is 5.08. The van der Waals surface area contributed by atoms with E-state index in [1.807, 2.05) is 36.2 Å². The van der Waals surface area contributed by atoms with Crippen LogP contribution in [-0.2, 0) is 6.54 Å². The van der Waals surface area contributed by atoms with Gasteiger partial charge in [-0.15, -0.1) is 5.10 Å². The topological polar surface area (TPSA) is 101 Å². The van der Waals surface area contributed by atoms with E-state index in [2.05, 4.69) is 15.4 Å². The highest BCUT2D eigenvalue weighted by Gasteiger charge is 2.19. The van der Waals surface area contributed by atoms with Gasteiger partial charge in [0.2, 0.25) is 0 Å². The molecule has 0 fully saturated rings. The van der Waals surface area contributed by atoms with Gasteiger partial charge in [0.15, 0.2) is 17.2 Å². The molecule has 0 atom stereocenters. The zero-order valence-corrected chi connectivity index (χ0v) is 18.2. The van der Waals surface area contributed by atoms with E-state index in [0.717, 1.165) is 11.3 Å². The number of aromatic carboxylic acids is 1. The average molecular weight is 451 g/mol. The zero-order valence-electron chi connectivity index (χ0n) is 18.2. The number of hydrogen-bond donors (Lipinski definition) is 2. The van der Waals surface area contributed by atoms with Crippen LogP contribution >= 0.6 is 0 Å². The minimum Gasteiger partial charge on any atom is -0.497 e. The molecule has 0 aliphatic heterocycles. The summed E-state index contributed by atoms with van der Waals surface area (Å²) >= 11 is 0. The highest BCUT2D eigenvalue weighted by molar-refractivity contribution is 5.88. The van der Waals surface area contributed by atoms with Gasteiger partial charge in [0, 0.05) is 25.7 Å². The van der Waals surface area contributed by atoms with E-state index in [1.54, 1.807) is 13.2 Å². The fourth-order valence-corrected chi connectivity index (χ4v) is 3.44. The fraction of sp³-hybridized carbons (Fsp3) is 0.174. The van der Waals surface area contributed by atoms with Gasteiger partial charge in [-0.3, -0.25) is 0 Å². The van der Waals surface area contributed by atoms with Gasteiger partial charge in [-0.25, -0.2) is 18.7 Å². The van der Waals surface area contributed by atoms with Crippen LogP contribution in [0.25, 0.3) is 5.65 Å². The summed E-state index contributed by atoms with van der Waals surface area (Å²) in [5.74, 6) is -0.218. The molecule has 2 heterocycles. The predicted molar refractivity (Wildman–Crippen MR) is 121 cm³/mol. The Kier molecular flexibility index (Phi) is 5.99. The van der Waals surface area contributed by atoms with Crippen molar-refractivity contribution in [3.63, 3.8) is 0 Å². The third kappa shape index (κ3) is 4.49. The minimum atomic E-state index is -1.16. The maximum absolute atomic E-state index is 13.6. The number of nitrogens with zero attached hydrogens (tertiary/aromatic N) is 4. The van der Waals surface area contributed by atoms with Crippen LogP contribution in [0.1, 0.15) is 16.1 Å². The summed E-state index contributed by atoms with van der Waals surface area (Å²) < 4.78 is 25.3. The van der Waals surface area contributed by atoms with Crippen molar-refractivity contribution in [1.29, 1.82) is 0 Å². The van der Waals surface area contributed by atoms with Gasteiger partial charge in [0.05, 0.1) is 31.8 Å². The predicted octanol–water partition coefficient (Wildman–Crippen LogP) is 3.96. The molecule has 33 heavy (non-hydrogen) atoms. The number of benzene rings is 2. The van der Waals surface area contributed by atoms with E-state index in [9.17, 15) is 14.3 Å². The lowest BCUT2D eigenvalue weighted by Crippen LogP contribution is -2.19. The van der Waals surface area contributed by atoms with Crippen molar-refractivity contribution in [2.75, 3.05) is 31.5 Å². The molecule has 2 aromatic carbocycles. The molecule has 170 valence electrons.